The van der Waals surface area contributed by atoms with Gasteiger partial charge in [0.1, 0.15) is 0 Å². The molecule has 2 rings (SSSR count). The van der Waals surface area contributed by atoms with Crippen LogP contribution in [0.5, 0.6) is 17.2 Å². The second-order valence-corrected chi connectivity index (χ2v) is 7.25. The van der Waals surface area contributed by atoms with E-state index in [0.717, 1.165) is 51.1 Å². The van der Waals surface area contributed by atoms with Gasteiger partial charge in [0.2, 0.25) is 11.7 Å². The van der Waals surface area contributed by atoms with Gasteiger partial charge in [-0.2, -0.15) is 0 Å². The van der Waals surface area contributed by atoms with Gasteiger partial charge in [0.25, 0.3) is 0 Å². The summed E-state index contributed by atoms with van der Waals surface area (Å²) in [5, 5.41) is 0. The summed E-state index contributed by atoms with van der Waals surface area (Å²) in [4.78, 5) is 17.3. The molecule has 30 heavy (non-hydrogen) atoms. The molecule has 0 saturated carbocycles. The minimum absolute atomic E-state index is 0. The van der Waals surface area contributed by atoms with E-state index in [1.807, 2.05) is 30.9 Å². The van der Waals surface area contributed by atoms with Crippen molar-refractivity contribution in [2.24, 2.45) is 11.1 Å². The van der Waals surface area contributed by atoms with E-state index in [-0.39, 0.29) is 30.7 Å². The first-order chi connectivity index (χ1) is 13.5. The summed E-state index contributed by atoms with van der Waals surface area (Å²) < 4.78 is 16.4. The number of amides is 1. The van der Waals surface area contributed by atoms with E-state index in [1.165, 1.54) is 0 Å². The van der Waals surface area contributed by atoms with Crippen molar-refractivity contribution < 1.29 is 19.0 Å². The number of hydrogen-bond donors (Lipinski definition) is 1. The predicted octanol–water partition coefficient (Wildman–Crippen LogP) is 2.97. The Balaban J connectivity index is 0.00000420. The maximum absolute atomic E-state index is 13.0. The van der Waals surface area contributed by atoms with Crippen LogP contribution >= 0.6 is 24.8 Å². The highest BCUT2D eigenvalue weighted by atomic mass is 35.5. The van der Waals surface area contributed by atoms with Crippen LogP contribution in [0.25, 0.3) is 0 Å². The molecular formula is C21H37Cl2N3O4. The predicted molar refractivity (Wildman–Crippen MR) is 125 cm³/mol. The van der Waals surface area contributed by atoms with Crippen molar-refractivity contribution in [2.45, 2.75) is 33.2 Å². The Morgan fingerprint density at radius 3 is 1.97 bits per heavy atom. The molecule has 0 aliphatic carbocycles. The molecule has 1 aromatic rings. The third kappa shape index (κ3) is 5.84. The van der Waals surface area contributed by atoms with Gasteiger partial charge in [-0.1, -0.05) is 19.9 Å². The number of carbonyl (C=O) groups is 1. The van der Waals surface area contributed by atoms with Crippen LogP contribution < -0.4 is 19.9 Å². The van der Waals surface area contributed by atoms with Crippen LogP contribution in [0.2, 0.25) is 0 Å². The average molecular weight is 466 g/mol. The number of methoxy groups -OCH3 is 3. The number of benzene rings is 1. The van der Waals surface area contributed by atoms with Crippen molar-refractivity contribution in [1.29, 1.82) is 0 Å². The molecule has 1 aromatic carbocycles. The average Bonchev–Trinajstić information content (AvgIpc) is 2.75. The van der Waals surface area contributed by atoms with E-state index in [0.29, 0.717) is 23.8 Å². The Hall–Kier alpha value is -1.41. The fourth-order valence-electron chi connectivity index (χ4n) is 3.90. The zero-order valence-corrected chi connectivity index (χ0v) is 20.4. The molecule has 9 heteroatoms. The molecule has 1 saturated heterocycles. The number of hydrogen-bond acceptors (Lipinski definition) is 6. The molecule has 7 nitrogen and oxygen atoms in total. The maximum atomic E-state index is 13.0. The highest BCUT2D eigenvalue weighted by molar-refractivity contribution is 5.85. The van der Waals surface area contributed by atoms with Gasteiger partial charge in [0, 0.05) is 44.8 Å². The Morgan fingerprint density at radius 1 is 0.967 bits per heavy atom. The van der Waals surface area contributed by atoms with Crippen LogP contribution in [0, 0.1) is 5.41 Å². The van der Waals surface area contributed by atoms with E-state index in [1.54, 1.807) is 21.3 Å². The van der Waals surface area contributed by atoms with Crippen molar-refractivity contribution in [3.8, 4) is 17.2 Å². The first-order valence-corrected chi connectivity index (χ1v) is 9.99. The minimum atomic E-state index is -0.422. The van der Waals surface area contributed by atoms with E-state index in [2.05, 4.69) is 4.90 Å². The number of rotatable bonds is 9. The lowest BCUT2D eigenvalue weighted by molar-refractivity contribution is -0.144. The van der Waals surface area contributed by atoms with E-state index < -0.39 is 5.41 Å². The monoisotopic (exact) mass is 465 g/mol. The molecular weight excluding hydrogens is 429 g/mol. The second kappa shape index (κ2) is 13.1. The number of nitrogens with two attached hydrogens (primary N) is 1. The SMILES string of the molecule is CCC(CC)(CN)C(=O)N1CCN(Cc2ccc(OC)c(OC)c2OC)CC1.Cl.Cl. The third-order valence-electron chi connectivity index (χ3n) is 6.04. The molecule has 1 aliphatic heterocycles. The third-order valence-corrected chi connectivity index (χ3v) is 6.04. The van der Waals surface area contributed by atoms with Gasteiger partial charge < -0.3 is 24.8 Å². The molecule has 0 radical (unpaired) electrons. The number of piperazine rings is 1. The zero-order valence-electron chi connectivity index (χ0n) is 18.7. The molecule has 1 aliphatic rings. The molecule has 2 N–H and O–H groups in total. The number of halogens is 2. The standard InChI is InChI=1S/C21H35N3O4.2ClH/c1-6-21(7-2,15-22)20(25)24-12-10-23(11-13-24)14-16-8-9-17(26-3)19(28-5)18(16)27-4;;/h8-9H,6-7,10-15,22H2,1-5H3;2*1H. The molecule has 0 aromatic heterocycles. The first-order valence-electron chi connectivity index (χ1n) is 9.99. The van der Waals surface area contributed by atoms with Crippen molar-refractivity contribution in [2.75, 3.05) is 54.1 Å². The summed E-state index contributed by atoms with van der Waals surface area (Å²) in [5.74, 6) is 2.15. The van der Waals surface area contributed by atoms with Gasteiger partial charge in [-0.3, -0.25) is 9.69 Å². The largest absolute Gasteiger partial charge is 0.493 e. The Kier molecular flexibility index (Phi) is 12.5. The van der Waals surface area contributed by atoms with Gasteiger partial charge in [-0.15, -0.1) is 24.8 Å². The Bertz CT molecular complexity index is 656. The molecule has 1 fully saturated rings. The van der Waals surface area contributed by atoms with Gasteiger partial charge in [0.15, 0.2) is 11.5 Å². The summed E-state index contributed by atoms with van der Waals surface area (Å²) >= 11 is 0. The summed E-state index contributed by atoms with van der Waals surface area (Å²) in [7, 11) is 4.86. The number of nitrogens with zero attached hydrogens (tertiary/aromatic N) is 2. The normalized spacial score (nSPS) is 14.4. The van der Waals surface area contributed by atoms with Gasteiger partial charge in [0.05, 0.1) is 26.7 Å². The van der Waals surface area contributed by atoms with Crippen LogP contribution in [0.3, 0.4) is 0 Å². The second-order valence-electron chi connectivity index (χ2n) is 7.25. The lowest BCUT2D eigenvalue weighted by atomic mass is 9.81. The molecule has 174 valence electrons. The maximum Gasteiger partial charge on any atom is 0.230 e. The highest BCUT2D eigenvalue weighted by Gasteiger charge is 2.37. The molecule has 0 unspecified atom stereocenters. The summed E-state index contributed by atoms with van der Waals surface area (Å²) in [6.45, 7) is 8.31. The molecule has 1 amide bonds. The smallest absolute Gasteiger partial charge is 0.230 e. The van der Waals surface area contributed by atoms with Gasteiger partial charge in [-0.25, -0.2) is 0 Å². The Labute approximate surface area is 193 Å². The molecule has 0 bridgehead atoms. The van der Waals surface area contributed by atoms with Gasteiger partial charge >= 0.3 is 0 Å². The van der Waals surface area contributed by atoms with Crippen LogP contribution in [0.15, 0.2) is 12.1 Å². The van der Waals surface area contributed by atoms with Crippen LogP contribution in [-0.2, 0) is 11.3 Å². The van der Waals surface area contributed by atoms with Crippen molar-refractivity contribution in [1.82, 2.24) is 9.80 Å². The molecule has 1 heterocycles. The fraction of sp³-hybridized carbons (Fsp3) is 0.667. The van der Waals surface area contributed by atoms with Crippen LogP contribution in [-0.4, -0.2) is 69.8 Å². The quantitative estimate of drug-likeness (QED) is 0.603. The van der Waals surface area contributed by atoms with Crippen molar-refractivity contribution in [3.05, 3.63) is 17.7 Å². The summed E-state index contributed by atoms with van der Waals surface area (Å²) in [6.07, 6.45) is 1.56. The van der Waals surface area contributed by atoms with Crippen LogP contribution in [0.4, 0.5) is 0 Å². The number of carbonyl (C=O) groups excluding carboxylic acids is 1. The Morgan fingerprint density at radius 2 is 1.53 bits per heavy atom. The fourth-order valence-corrected chi connectivity index (χ4v) is 3.90. The van der Waals surface area contributed by atoms with Crippen molar-refractivity contribution in [3.63, 3.8) is 0 Å². The van der Waals surface area contributed by atoms with E-state index in [9.17, 15) is 4.79 Å². The van der Waals surface area contributed by atoms with Crippen molar-refractivity contribution >= 4 is 30.7 Å². The topological polar surface area (TPSA) is 77.3 Å². The highest BCUT2D eigenvalue weighted by Crippen LogP contribution is 2.40. The van der Waals surface area contributed by atoms with E-state index in [4.69, 9.17) is 19.9 Å². The first kappa shape index (κ1) is 28.6. The summed E-state index contributed by atoms with van der Waals surface area (Å²) in [5.41, 5.74) is 6.57. The number of ether oxygens (including phenoxy) is 3. The van der Waals surface area contributed by atoms with Crippen LogP contribution in [0.1, 0.15) is 32.3 Å². The molecule has 0 atom stereocenters. The molecule has 0 spiro atoms. The summed E-state index contributed by atoms with van der Waals surface area (Å²) in [6, 6.07) is 3.90. The van der Waals surface area contributed by atoms with Gasteiger partial charge in [-0.05, 0) is 18.9 Å². The van der Waals surface area contributed by atoms with E-state index >= 15 is 0 Å². The lowest BCUT2D eigenvalue weighted by Crippen LogP contribution is -2.54. The lowest BCUT2D eigenvalue weighted by Gasteiger charge is -2.40. The zero-order chi connectivity index (χ0) is 20.7. The minimum Gasteiger partial charge on any atom is -0.493 e.